The number of rotatable bonds is 5. The van der Waals surface area contributed by atoms with Crippen molar-refractivity contribution in [1.82, 2.24) is 5.32 Å². The van der Waals surface area contributed by atoms with Crippen molar-refractivity contribution >= 4 is 11.6 Å². The Hall–Kier alpha value is -1.58. The maximum Gasteiger partial charge on any atom is 0.124 e. The first-order valence-corrected chi connectivity index (χ1v) is 6.85. The highest BCUT2D eigenvalue weighted by molar-refractivity contribution is 6.30. The Labute approximate surface area is 123 Å². The highest BCUT2D eigenvalue weighted by Gasteiger charge is 2.18. The Morgan fingerprint density at radius 1 is 1.25 bits per heavy atom. The van der Waals surface area contributed by atoms with Crippen molar-refractivity contribution in [3.05, 3.63) is 64.4 Å². The zero-order valence-corrected chi connectivity index (χ0v) is 12.2. The lowest BCUT2D eigenvalue weighted by molar-refractivity contribution is 0.404. The number of ether oxygens (including phenoxy) is 1. The van der Waals surface area contributed by atoms with Gasteiger partial charge in [-0.1, -0.05) is 30.7 Å². The van der Waals surface area contributed by atoms with Crippen LogP contribution in [0.2, 0.25) is 5.02 Å². The number of nitrogens with one attached hydrogen (secondary N) is 1. The molecule has 1 unspecified atom stereocenters. The molecule has 0 spiro atoms. The molecule has 106 valence electrons. The summed E-state index contributed by atoms with van der Waals surface area (Å²) in [6.45, 7) is 2.75. The molecule has 0 aromatic heterocycles. The lowest BCUT2D eigenvalue weighted by Gasteiger charge is -2.21. The molecule has 0 radical (unpaired) electrons. The van der Waals surface area contributed by atoms with E-state index in [-0.39, 0.29) is 11.9 Å². The molecule has 1 atom stereocenters. The zero-order valence-electron chi connectivity index (χ0n) is 11.5. The summed E-state index contributed by atoms with van der Waals surface area (Å²) in [4.78, 5) is 0. The van der Waals surface area contributed by atoms with Crippen LogP contribution in [0.5, 0.6) is 5.75 Å². The molecule has 1 N–H and O–H groups in total. The van der Waals surface area contributed by atoms with Gasteiger partial charge in [0.1, 0.15) is 11.6 Å². The first-order chi connectivity index (χ1) is 9.65. The molecular weight excluding hydrogens is 277 g/mol. The molecule has 0 aliphatic carbocycles. The number of benzene rings is 2. The molecule has 4 heteroatoms. The Bertz CT molecular complexity index is 588. The normalized spacial score (nSPS) is 12.2. The van der Waals surface area contributed by atoms with E-state index >= 15 is 0 Å². The fourth-order valence-corrected chi connectivity index (χ4v) is 2.41. The molecule has 2 nitrogen and oxygen atoms in total. The van der Waals surface area contributed by atoms with Crippen LogP contribution >= 0.6 is 11.6 Å². The van der Waals surface area contributed by atoms with Crippen molar-refractivity contribution < 1.29 is 9.13 Å². The fraction of sp³-hybridized carbons (Fsp3) is 0.250. The van der Waals surface area contributed by atoms with Crippen LogP contribution < -0.4 is 10.1 Å². The van der Waals surface area contributed by atoms with Crippen molar-refractivity contribution in [1.29, 1.82) is 0 Å². The second kappa shape index (κ2) is 6.73. The highest BCUT2D eigenvalue weighted by atomic mass is 35.5. The third kappa shape index (κ3) is 3.30. The lowest BCUT2D eigenvalue weighted by Crippen LogP contribution is -2.22. The third-order valence-electron chi connectivity index (χ3n) is 3.09. The van der Waals surface area contributed by atoms with E-state index in [9.17, 15) is 4.39 Å². The van der Waals surface area contributed by atoms with Gasteiger partial charge in [-0.2, -0.15) is 0 Å². The van der Waals surface area contributed by atoms with E-state index in [1.807, 2.05) is 25.1 Å². The van der Waals surface area contributed by atoms with Gasteiger partial charge in [-0.05, 0) is 42.4 Å². The lowest BCUT2D eigenvalue weighted by atomic mass is 9.97. The monoisotopic (exact) mass is 293 g/mol. The van der Waals surface area contributed by atoms with Gasteiger partial charge in [-0.15, -0.1) is 0 Å². The average Bonchev–Trinajstić information content (AvgIpc) is 2.44. The number of halogens is 2. The minimum absolute atomic E-state index is 0.163. The molecule has 0 amide bonds. The largest absolute Gasteiger partial charge is 0.496 e. The van der Waals surface area contributed by atoms with Gasteiger partial charge in [-0.25, -0.2) is 4.39 Å². The number of methoxy groups -OCH3 is 1. The summed E-state index contributed by atoms with van der Waals surface area (Å²) in [5.41, 5.74) is 1.74. The Morgan fingerprint density at radius 2 is 2.05 bits per heavy atom. The van der Waals surface area contributed by atoms with Gasteiger partial charge in [0.05, 0.1) is 13.2 Å². The molecule has 0 aliphatic rings. The molecule has 2 rings (SSSR count). The Balaban J connectivity index is 2.50. The van der Waals surface area contributed by atoms with Gasteiger partial charge in [-0.3, -0.25) is 0 Å². The van der Waals surface area contributed by atoms with E-state index in [0.29, 0.717) is 5.02 Å². The van der Waals surface area contributed by atoms with Gasteiger partial charge in [0.25, 0.3) is 0 Å². The van der Waals surface area contributed by atoms with E-state index in [1.165, 1.54) is 12.1 Å². The van der Waals surface area contributed by atoms with Crippen LogP contribution in [-0.2, 0) is 0 Å². The fourth-order valence-electron chi connectivity index (χ4n) is 2.23. The van der Waals surface area contributed by atoms with Crippen molar-refractivity contribution in [2.45, 2.75) is 13.0 Å². The molecule has 0 bridgehead atoms. The van der Waals surface area contributed by atoms with Crippen LogP contribution in [0, 0.1) is 5.82 Å². The summed E-state index contributed by atoms with van der Waals surface area (Å²) in [5.74, 6) is 0.469. The van der Waals surface area contributed by atoms with Gasteiger partial charge >= 0.3 is 0 Å². The summed E-state index contributed by atoms with van der Waals surface area (Å²) in [7, 11) is 1.61. The molecule has 0 aliphatic heterocycles. The summed E-state index contributed by atoms with van der Waals surface area (Å²) in [6.07, 6.45) is 0. The van der Waals surface area contributed by atoms with E-state index < -0.39 is 0 Å². The summed E-state index contributed by atoms with van der Waals surface area (Å²) < 4.78 is 18.8. The SMILES string of the molecule is CCNC(c1cccc(F)c1)c1cc(Cl)ccc1OC. The number of hydrogen-bond donors (Lipinski definition) is 1. The van der Waals surface area contributed by atoms with Gasteiger partial charge < -0.3 is 10.1 Å². The first-order valence-electron chi connectivity index (χ1n) is 6.48. The Kier molecular flexibility index (Phi) is 4.99. The van der Waals surface area contributed by atoms with E-state index in [1.54, 1.807) is 19.2 Å². The van der Waals surface area contributed by atoms with E-state index in [4.69, 9.17) is 16.3 Å². The minimum atomic E-state index is -0.258. The maximum atomic E-state index is 13.5. The third-order valence-corrected chi connectivity index (χ3v) is 3.33. The van der Waals surface area contributed by atoms with Gasteiger partial charge in [0.15, 0.2) is 0 Å². The quantitative estimate of drug-likeness (QED) is 0.892. The van der Waals surface area contributed by atoms with E-state index in [2.05, 4.69) is 5.32 Å². The smallest absolute Gasteiger partial charge is 0.124 e. The molecule has 0 saturated carbocycles. The first kappa shape index (κ1) is 14.8. The van der Waals surface area contributed by atoms with Crippen LogP contribution in [0.15, 0.2) is 42.5 Å². The summed E-state index contributed by atoms with van der Waals surface area (Å²) in [5, 5.41) is 3.96. The predicted octanol–water partition coefficient (Wildman–Crippen LogP) is 4.19. The predicted molar refractivity (Wildman–Crippen MR) is 79.9 cm³/mol. The number of hydrogen-bond acceptors (Lipinski definition) is 2. The molecule has 0 fully saturated rings. The van der Waals surface area contributed by atoms with Crippen LogP contribution in [0.1, 0.15) is 24.1 Å². The van der Waals surface area contributed by atoms with Crippen molar-refractivity contribution in [2.75, 3.05) is 13.7 Å². The topological polar surface area (TPSA) is 21.3 Å². The van der Waals surface area contributed by atoms with E-state index in [0.717, 1.165) is 23.4 Å². The molecule has 2 aromatic carbocycles. The van der Waals surface area contributed by atoms with Gasteiger partial charge in [0, 0.05) is 10.6 Å². The zero-order chi connectivity index (χ0) is 14.5. The molecule has 0 heterocycles. The van der Waals surface area contributed by atoms with Crippen LogP contribution in [0.3, 0.4) is 0 Å². The molecular formula is C16H17ClFNO. The van der Waals surface area contributed by atoms with Crippen LogP contribution in [0.4, 0.5) is 4.39 Å². The van der Waals surface area contributed by atoms with Crippen molar-refractivity contribution in [3.8, 4) is 5.75 Å². The van der Waals surface area contributed by atoms with Crippen molar-refractivity contribution in [2.24, 2.45) is 0 Å². The van der Waals surface area contributed by atoms with Crippen LogP contribution in [0.25, 0.3) is 0 Å². The maximum absolute atomic E-state index is 13.5. The average molecular weight is 294 g/mol. The van der Waals surface area contributed by atoms with Gasteiger partial charge in [0.2, 0.25) is 0 Å². The second-order valence-corrected chi connectivity index (χ2v) is 4.87. The van der Waals surface area contributed by atoms with Crippen molar-refractivity contribution in [3.63, 3.8) is 0 Å². The molecule has 20 heavy (non-hydrogen) atoms. The second-order valence-electron chi connectivity index (χ2n) is 4.43. The minimum Gasteiger partial charge on any atom is -0.496 e. The molecule has 0 saturated heterocycles. The summed E-state index contributed by atoms with van der Waals surface area (Å²) >= 11 is 6.08. The molecule has 2 aromatic rings. The standard InChI is InChI=1S/C16H17ClFNO/c1-3-19-16(11-5-4-6-13(18)9-11)14-10-12(17)7-8-15(14)20-2/h4-10,16,19H,3H2,1-2H3. The Morgan fingerprint density at radius 3 is 2.70 bits per heavy atom. The van der Waals surface area contributed by atoms with Crippen LogP contribution in [-0.4, -0.2) is 13.7 Å². The summed E-state index contributed by atoms with van der Waals surface area (Å²) in [6, 6.07) is 11.8. The highest BCUT2D eigenvalue weighted by Crippen LogP contribution is 2.32.